The maximum absolute atomic E-state index is 5.82. The molecule has 0 fully saturated rings. The number of anilines is 1. The Morgan fingerprint density at radius 1 is 1.20 bits per heavy atom. The predicted molar refractivity (Wildman–Crippen MR) is 63.5 cm³/mol. The van der Waals surface area contributed by atoms with Crippen molar-refractivity contribution in [1.29, 1.82) is 0 Å². The summed E-state index contributed by atoms with van der Waals surface area (Å²) in [5.41, 5.74) is 2.78. The van der Waals surface area contributed by atoms with Crippen molar-refractivity contribution in [2.24, 2.45) is 0 Å². The van der Waals surface area contributed by atoms with Gasteiger partial charge in [0.05, 0.1) is 0 Å². The molecule has 2 heterocycles. The summed E-state index contributed by atoms with van der Waals surface area (Å²) in [4.78, 5) is 6.54. The third-order valence-electron chi connectivity index (χ3n) is 2.58. The Kier molecular flexibility index (Phi) is 2.15. The Morgan fingerprint density at radius 3 is 2.40 bits per heavy atom. The van der Waals surface area contributed by atoms with Gasteiger partial charge in [-0.15, -0.1) is 11.3 Å². The van der Waals surface area contributed by atoms with Crippen LogP contribution in [0.4, 0.5) is 5.13 Å². The molecule has 0 spiro atoms. The lowest BCUT2D eigenvalue weighted by Gasteiger charge is -2.12. The van der Waals surface area contributed by atoms with Gasteiger partial charge < -0.3 is 4.90 Å². The maximum Gasteiger partial charge on any atom is 0.187 e. The summed E-state index contributed by atoms with van der Waals surface area (Å²) in [6, 6.07) is 8.50. The molecule has 2 aromatic rings. The van der Waals surface area contributed by atoms with Crippen LogP contribution in [0.25, 0.3) is 0 Å². The van der Waals surface area contributed by atoms with E-state index in [2.05, 4.69) is 34.1 Å². The van der Waals surface area contributed by atoms with Crippen LogP contribution in [0.5, 0.6) is 0 Å². The van der Waals surface area contributed by atoms with Gasteiger partial charge in [0.2, 0.25) is 0 Å². The molecule has 0 amide bonds. The lowest BCUT2D eigenvalue weighted by atomic mass is 10.1. The number of rotatable bonds is 1. The fourth-order valence-electron chi connectivity index (χ4n) is 1.86. The van der Waals surface area contributed by atoms with Crippen molar-refractivity contribution in [2.45, 2.75) is 13.1 Å². The average Bonchev–Trinajstić information content (AvgIpc) is 2.82. The van der Waals surface area contributed by atoms with Gasteiger partial charge in [-0.1, -0.05) is 35.9 Å². The van der Waals surface area contributed by atoms with Crippen molar-refractivity contribution in [3.8, 4) is 0 Å². The third kappa shape index (κ3) is 1.62. The minimum atomic E-state index is 0.589. The van der Waals surface area contributed by atoms with Gasteiger partial charge in [0.15, 0.2) is 5.13 Å². The van der Waals surface area contributed by atoms with Gasteiger partial charge in [0, 0.05) is 18.5 Å². The summed E-state index contributed by atoms with van der Waals surface area (Å²) in [6.45, 7) is 1.89. The number of aromatic nitrogens is 1. The summed E-state index contributed by atoms with van der Waals surface area (Å²) >= 11 is 7.42. The van der Waals surface area contributed by atoms with Crippen LogP contribution in [0.1, 0.15) is 11.1 Å². The van der Waals surface area contributed by atoms with E-state index in [4.69, 9.17) is 11.6 Å². The molecule has 0 bridgehead atoms. The van der Waals surface area contributed by atoms with Crippen molar-refractivity contribution >= 4 is 28.1 Å². The van der Waals surface area contributed by atoms with Crippen LogP contribution in [-0.4, -0.2) is 4.98 Å². The predicted octanol–water partition coefficient (Wildman–Crippen LogP) is 3.32. The molecule has 1 aromatic carbocycles. The second-order valence-corrected chi connectivity index (χ2v) is 4.80. The highest BCUT2D eigenvalue weighted by Crippen LogP contribution is 2.31. The average molecular weight is 237 g/mol. The lowest BCUT2D eigenvalue weighted by molar-refractivity contribution is 0.873. The number of benzene rings is 1. The van der Waals surface area contributed by atoms with Gasteiger partial charge in [-0.05, 0) is 11.1 Å². The number of halogens is 1. The van der Waals surface area contributed by atoms with E-state index in [-0.39, 0.29) is 0 Å². The number of nitrogens with zero attached hydrogens (tertiary/aromatic N) is 2. The maximum atomic E-state index is 5.82. The largest absolute Gasteiger partial charge is 0.339 e. The number of thiazole rings is 1. The summed E-state index contributed by atoms with van der Waals surface area (Å²) in [7, 11) is 0. The van der Waals surface area contributed by atoms with E-state index in [0.717, 1.165) is 18.2 Å². The molecule has 0 atom stereocenters. The van der Waals surface area contributed by atoms with Crippen molar-refractivity contribution < 1.29 is 0 Å². The zero-order valence-electron chi connectivity index (χ0n) is 7.98. The second-order valence-electron chi connectivity index (χ2n) is 3.58. The Morgan fingerprint density at radius 2 is 1.87 bits per heavy atom. The van der Waals surface area contributed by atoms with Crippen LogP contribution >= 0.6 is 22.9 Å². The molecule has 0 saturated heterocycles. The Hall–Kier alpha value is -1.06. The molecule has 0 aliphatic carbocycles. The van der Waals surface area contributed by atoms with E-state index in [1.807, 2.05) is 5.38 Å². The molecule has 76 valence electrons. The van der Waals surface area contributed by atoms with E-state index < -0.39 is 0 Å². The van der Waals surface area contributed by atoms with E-state index in [0.29, 0.717) is 5.15 Å². The fourth-order valence-corrected chi connectivity index (χ4v) is 2.81. The first-order chi connectivity index (χ1) is 7.33. The Balaban J connectivity index is 1.90. The summed E-state index contributed by atoms with van der Waals surface area (Å²) in [5.74, 6) is 0. The number of hydrogen-bond donors (Lipinski definition) is 0. The first-order valence-electron chi connectivity index (χ1n) is 4.76. The minimum Gasteiger partial charge on any atom is -0.339 e. The van der Waals surface area contributed by atoms with Gasteiger partial charge in [-0.25, -0.2) is 4.98 Å². The van der Waals surface area contributed by atoms with Crippen LogP contribution in [0.15, 0.2) is 29.6 Å². The molecule has 0 unspecified atom stereocenters. The molecule has 4 heteroatoms. The van der Waals surface area contributed by atoms with Crippen LogP contribution < -0.4 is 4.90 Å². The topological polar surface area (TPSA) is 16.1 Å². The van der Waals surface area contributed by atoms with Crippen LogP contribution in [-0.2, 0) is 13.1 Å². The number of fused-ring (bicyclic) bond motifs is 1. The van der Waals surface area contributed by atoms with Gasteiger partial charge in [0.25, 0.3) is 0 Å². The highest BCUT2D eigenvalue weighted by Gasteiger charge is 2.20. The molecule has 1 aliphatic heterocycles. The summed E-state index contributed by atoms with van der Waals surface area (Å²) in [5, 5.41) is 3.47. The lowest BCUT2D eigenvalue weighted by Crippen LogP contribution is -2.13. The second kappa shape index (κ2) is 3.51. The first kappa shape index (κ1) is 9.19. The highest BCUT2D eigenvalue weighted by atomic mass is 35.5. The highest BCUT2D eigenvalue weighted by molar-refractivity contribution is 7.14. The molecule has 3 rings (SSSR count). The molecule has 0 N–H and O–H groups in total. The van der Waals surface area contributed by atoms with E-state index in [1.54, 1.807) is 11.3 Å². The third-order valence-corrected chi connectivity index (χ3v) is 3.80. The molecule has 15 heavy (non-hydrogen) atoms. The van der Waals surface area contributed by atoms with Crippen LogP contribution in [0, 0.1) is 0 Å². The van der Waals surface area contributed by atoms with Crippen LogP contribution in [0.2, 0.25) is 5.15 Å². The SMILES string of the molecule is Clc1csc(N2Cc3ccccc3C2)n1. The Labute approximate surface area is 97.1 Å². The quantitative estimate of drug-likeness (QED) is 0.755. The van der Waals surface area contributed by atoms with Crippen LogP contribution in [0.3, 0.4) is 0 Å². The van der Waals surface area contributed by atoms with Crippen molar-refractivity contribution in [3.05, 3.63) is 45.9 Å². The zero-order valence-corrected chi connectivity index (χ0v) is 9.55. The van der Waals surface area contributed by atoms with Gasteiger partial charge in [-0.3, -0.25) is 0 Å². The molecular weight excluding hydrogens is 228 g/mol. The van der Waals surface area contributed by atoms with Crippen molar-refractivity contribution in [1.82, 2.24) is 4.98 Å². The van der Waals surface area contributed by atoms with Crippen molar-refractivity contribution in [2.75, 3.05) is 4.90 Å². The molecule has 1 aromatic heterocycles. The van der Waals surface area contributed by atoms with E-state index in [1.165, 1.54) is 11.1 Å². The molecule has 0 radical (unpaired) electrons. The zero-order chi connectivity index (χ0) is 10.3. The normalized spacial score (nSPS) is 14.3. The summed E-state index contributed by atoms with van der Waals surface area (Å²) in [6.07, 6.45) is 0. The van der Waals surface area contributed by atoms with Gasteiger partial charge in [-0.2, -0.15) is 0 Å². The molecule has 2 nitrogen and oxygen atoms in total. The molecule has 0 saturated carbocycles. The standard InChI is InChI=1S/C11H9ClN2S/c12-10-7-15-11(13-10)14-5-8-3-1-2-4-9(8)6-14/h1-4,7H,5-6H2. The smallest absolute Gasteiger partial charge is 0.187 e. The number of hydrogen-bond acceptors (Lipinski definition) is 3. The van der Waals surface area contributed by atoms with Gasteiger partial charge >= 0.3 is 0 Å². The van der Waals surface area contributed by atoms with Gasteiger partial charge in [0.1, 0.15) is 5.15 Å². The summed E-state index contributed by atoms with van der Waals surface area (Å²) < 4.78 is 0. The first-order valence-corrected chi connectivity index (χ1v) is 6.01. The monoisotopic (exact) mass is 236 g/mol. The Bertz CT molecular complexity index is 470. The van der Waals surface area contributed by atoms with E-state index in [9.17, 15) is 0 Å². The van der Waals surface area contributed by atoms with Crippen molar-refractivity contribution in [3.63, 3.8) is 0 Å². The molecular formula is C11H9ClN2S. The fraction of sp³-hybridized carbons (Fsp3) is 0.182. The minimum absolute atomic E-state index is 0.589. The molecule has 1 aliphatic rings. The van der Waals surface area contributed by atoms with E-state index >= 15 is 0 Å².